The summed E-state index contributed by atoms with van der Waals surface area (Å²) in [6, 6.07) is 2.80. The van der Waals surface area contributed by atoms with Crippen LogP contribution in [0.4, 0.5) is 0 Å². The number of nitrogens with one attached hydrogen (secondary N) is 1. The van der Waals surface area contributed by atoms with Gasteiger partial charge in [0.1, 0.15) is 11.5 Å². The summed E-state index contributed by atoms with van der Waals surface area (Å²) in [7, 11) is 0. The van der Waals surface area contributed by atoms with Crippen LogP contribution in [0.1, 0.15) is 65.1 Å². The predicted molar refractivity (Wildman–Crippen MR) is 99.6 cm³/mol. The number of aryl methyl sites for hydroxylation is 1. The van der Waals surface area contributed by atoms with E-state index in [4.69, 9.17) is 9.15 Å². The van der Waals surface area contributed by atoms with Gasteiger partial charge in [-0.2, -0.15) is 0 Å². The molecule has 0 spiro atoms. The number of H-pyrrole nitrogens is 1. The lowest BCUT2D eigenvalue weighted by Crippen LogP contribution is -2.42. The number of Topliss-reactive ketones (excluding diaryl/α,β-unsaturated/α-hetero) is 1. The maximum absolute atomic E-state index is 13.2. The summed E-state index contributed by atoms with van der Waals surface area (Å²) in [5, 5.41) is 0. The van der Waals surface area contributed by atoms with Crippen molar-refractivity contribution in [3.8, 4) is 0 Å². The lowest BCUT2D eigenvalue weighted by atomic mass is 9.99. The van der Waals surface area contributed by atoms with Crippen LogP contribution in [0.25, 0.3) is 0 Å². The Morgan fingerprint density at radius 2 is 1.96 bits per heavy atom. The van der Waals surface area contributed by atoms with Crippen LogP contribution in [-0.4, -0.2) is 40.2 Å². The standard InChI is InChI=1S/C20H26N2O5/c1-6-16(23)22(11-15-9-8-10-27-15)14(5)19(24)17-12(3)18(21-13(17)4)20(25)26-7-2/h8-10,14,21H,6-7,11H2,1-5H3/t14-/m0/s1. The first kappa shape index (κ1) is 20.5. The van der Waals surface area contributed by atoms with E-state index in [2.05, 4.69) is 4.98 Å². The zero-order valence-corrected chi connectivity index (χ0v) is 16.4. The molecule has 7 nitrogen and oxygen atoms in total. The molecule has 1 atom stereocenters. The number of aromatic amines is 1. The number of ketones is 1. The number of aromatic nitrogens is 1. The van der Waals surface area contributed by atoms with Crippen LogP contribution in [0.3, 0.4) is 0 Å². The van der Waals surface area contributed by atoms with E-state index in [1.165, 1.54) is 11.2 Å². The summed E-state index contributed by atoms with van der Waals surface area (Å²) in [6.45, 7) is 9.05. The molecule has 0 unspecified atom stereocenters. The second kappa shape index (κ2) is 8.70. The maximum Gasteiger partial charge on any atom is 0.355 e. The molecule has 2 heterocycles. The van der Waals surface area contributed by atoms with Crippen molar-refractivity contribution >= 4 is 17.7 Å². The minimum Gasteiger partial charge on any atom is -0.467 e. The van der Waals surface area contributed by atoms with Crippen molar-refractivity contribution in [2.24, 2.45) is 0 Å². The fourth-order valence-electron chi connectivity index (χ4n) is 3.09. The average molecular weight is 374 g/mol. The second-order valence-corrected chi connectivity index (χ2v) is 6.34. The normalized spacial score (nSPS) is 11.9. The molecule has 0 radical (unpaired) electrons. The monoisotopic (exact) mass is 374 g/mol. The van der Waals surface area contributed by atoms with Crippen LogP contribution in [0.5, 0.6) is 0 Å². The van der Waals surface area contributed by atoms with Gasteiger partial charge in [-0.05, 0) is 45.4 Å². The molecule has 0 saturated carbocycles. The van der Waals surface area contributed by atoms with Gasteiger partial charge in [0.05, 0.1) is 25.5 Å². The van der Waals surface area contributed by atoms with Gasteiger partial charge >= 0.3 is 5.97 Å². The number of hydrogen-bond donors (Lipinski definition) is 1. The van der Waals surface area contributed by atoms with Gasteiger partial charge in [-0.1, -0.05) is 6.92 Å². The van der Waals surface area contributed by atoms with E-state index in [1.807, 2.05) is 0 Å². The van der Waals surface area contributed by atoms with Crippen molar-refractivity contribution in [1.29, 1.82) is 0 Å². The third kappa shape index (κ3) is 4.30. The van der Waals surface area contributed by atoms with Crippen LogP contribution in [0.2, 0.25) is 0 Å². The third-order valence-electron chi connectivity index (χ3n) is 4.54. The summed E-state index contributed by atoms with van der Waals surface area (Å²) in [5.74, 6) is -0.276. The van der Waals surface area contributed by atoms with Crippen LogP contribution >= 0.6 is 0 Å². The zero-order chi connectivity index (χ0) is 20.1. The van der Waals surface area contributed by atoms with Crippen LogP contribution in [-0.2, 0) is 16.1 Å². The average Bonchev–Trinajstić information content (AvgIpc) is 3.25. The summed E-state index contributed by atoms with van der Waals surface area (Å²) >= 11 is 0. The van der Waals surface area contributed by atoms with Crippen molar-refractivity contribution in [3.63, 3.8) is 0 Å². The minimum atomic E-state index is -0.703. The lowest BCUT2D eigenvalue weighted by Gasteiger charge is -2.27. The Hall–Kier alpha value is -2.83. The summed E-state index contributed by atoms with van der Waals surface area (Å²) in [5.41, 5.74) is 1.79. The van der Waals surface area contributed by atoms with Gasteiger partial charge < -0.3 is 19.0 Å². The lowest BCUT2D eigenvalue weighted by molar-refractivity contribution is -0.133. The Morgan fingerprint density at radius 1 is 1.26 bits per heavy atom. The number of esters is 1. The molecule has 7 heteroatoms. The number of amides is 1. The Kier molecular flexibility index (Phi) is 6.60. The Balaban J connectivity index is 2.33. The number of rotatable bonds is 8. The molecule has 0 aliphatic heterocycles. The van der Waals surface area contributed by atoms with Crippen molar-refractivity contribution in [3.05, 3.63) is 46.7 Å². The molecule has 0 aliphatic rings. The van der Waals surface area contributed by atoms with Gasteiger partial charge in [0.15, 0.2) is 5.78 Å². The van der Waals surface area contributed by atoms with E-state index in [-0.39, 0.29) is 37.0 Å². The first-order valence-electron chi connectivity index (χ1n) is 9.04. The van der Waals surface area contributed by atoms with Crippen molar-refractivity contribution in [1.82, 2.24) is 9.88 Å². The number of carbonyl (C=O) groups excluding carboxylic acids is 3. The highest BCUT2D eigenvalue weighted by molar-refractivity contribution is 6.06. The quantitative estimate of drug-likeness (QED) is 0.565. The molecule has 146 valence electrons. The fourth-order valence-corrected chi connectivity index (χ4v) is 3.09. The molecule has 1 amide bonds. The molecule has 0 fully saturated rings. The molecule has 0 bridgehead atoms. The Bertz CT molecular complexity index is 820. The van der Waals surface area contributed by atoms with Gasteiger partial charge in [-0.3, -0.25) is 9.59 Å². The molecular formula is C20H26N2O5. The molecule has 0 saturated heterocycles. The second-order valence-electron chi connectivity index (χ2n) is 6.34. The fraction of sp³-hybridized carbons (Fsp3) is 0.450. The molecule has 2 aromatic heterocycles. The topological polar surface area (TPSA) is 92.6 Å². The zero-order valence-electron chi connectivity index (χ0n) is 16.4. The number of hydrogen-bond acceptors (Lipinski definition) is 5. The minimum absolute atomic E-state index is 0.149. The van der Waals surface area contributed by atoms with Gasteiger partial charge in [-0.15, -0.1) is 0 Å². The number of furan rings is 1. The molecule has 2 aromatic rings. The highest BCUT2D eigenvalue weighted by Gasteiger charge is 2.31. The first-order valence-corrected chi connectivity index (χ1v) is 9.04. The van der Waals surface area contributed by atoms with Gasteiger partial charge in [-0.25, -0.2) is 4.79 Å². The summed E-state index contributed by atoms with van der Waals surface area (Å²) in [4.78, 5) is 42.1. The van der Waals surface area contributed by atoms with E-state index in [0.29, 0.717) is 22.6 Å². The van der Waals surface area contributed by atoms with E-state index in [0.717, 1.165) is 0 Å². The largest absolute Gasteiger partial charge is 0.467 e. The number of carbonyl (C=O) groups is 3. The maximum atomic E-state index is 13.2. The number of ether oxygens (including phenoxy) is 1. The van der Waals surface area contributed by atoms with Crippen LogP contribution < -0.4 is 0 Å². The Labute approximate surface area is 158 Å². The smallest absolute Gasteiger partial charge is 0.355 e. The van der Waals surface area contributed by atoms with E-state index < -0.39 is 12.0 Å². The van der Waals surface area contributed by atoms with E-state index >= 15 is 0 Å². The SMILES string of the molecule is CCOC(=O)c1[nH]c(C)c(C(=O)[C@H](C)N(Cc2ccco2)C(=O)CC)c1C. The van der Waals surface area contributed by atoms with Crippen LogP contribution in [0, 0.1) is 13.8 Å². The van der Waals surface area contributed by atoms with E-state index in [1.54, 1.807) is 46.8 Å². The molecule has 2 rings (SSSR count). The highest BCUT2D eigenvalue weighted by Crippen LogP contribution is 2.23. The summed E-state index contributed by atoms with van der Waals surface area (Å²) < 4.78 is 10.4. The highest BCUT2D eigenvalue weighted by atomic mass is 16.5. The van der Waals surface area contributed by atoms with Crippen molar-refractivity contribution in [2.45, 2.75) is 53.6 Å². The number of nitrogens with zero attached hydrogens (tertiary/aromatic N) is 1. The molecule has 0 aromatic carbocycles. The molecular weight excluding hydrogens is 348 g/mol. The van der Waals surface area contributed by atoms with E-state index in [9.17, 15) is 14.4 Å². The van der Waals surface area contributed by atoms with Gasteiger partial charge in [0.2, 0.25) is 5.91 Å². The Morgan fingerprint density at radius 3 is 2.52 bits per heavy atom. The van der Waals surface area contributed by atoms with Gasteiger partial charge in [0, 0.05) is 17.7 Å². The molecule has 1 N–H and O–H groups in total. The molecule has 27 heavy (non-hydrogen) atoms. The predicted octanol–water partition coefficient (Wildman–Crippen LogP) is 3.41. The van der Waals surface area contributed by atoms with Crippen LogP contribution in [0.15, 0.2) is 22.8 Å². The molecule has 0 aliphatic carbocycles. The first-order chi connectivity index (χ1) is 12.8. The van der Waals surface area contributed by atoms with Crippen molar-refractivity contribution < 1.29 is 23.5 Å². The van der Waals surface area contributed by atoms with Crippen molar-refractivity contribution in [2.75, 3.05) is 6.61 Å². The van der Waals surface area contributed by atoms with Gasteiger partial charge in [0.25, 0.3) is 0 Å². The third-order valence-corrected chi connectivity index (χ3v) is 4.54. The summed E-state index contributed by atoms with van der Waals surface area (Å²) in [6.07, 6.45) is 1.81.